The molecule has 0 spiro atoms. The Hall–Kier alpha value is -1.86. The minimum absolute atomic E-state index is 0.178. The van der Waals surface area contributed by atoms with Crippen LogP contribution in [0, 0.1) is 11.7 Å². The first-order chi connectivity index (χ1) is 13.2. The molecule has 150 valence electrons. The summed E-state index contributed by atoms with van der Waals surface area (Å²) in [6.45, 7) is 8.60. The number of halogens is 1. The van der Waals surface area contributed by atoms with Crippen LogP contribution in [-0.4, -0.2) is 88.9 Å². The predicted octanol–water partition coefficient (Wildman–Crippen LogP) is 1.49. The lowest BCUT2D eigenvalue weighted by molar-refractivity contribution is 0.181. The van der Waals surface area contributed by atoms with Gasteiger partial charge in [-0.2, -0.15) is 0 Å². The first-order valence-electron chi connectivity index (χ1n) is 9.88. The zero-order chi connectivity index (χ0) is 19.1. The van der Waals surface area contributed by atoms with E-state index in [0.717, 1.165) is 77.1 Å². The van der Waals surface area contributed by atoms with Gasteiger partial charge in [-0.15, -0.1) is 0 Å². The van der Waals surface area contributed by atoms with Crippen LogP contribution in [0.2, 0.25) is 0 Å². The molecule has 2 heterocycles. The van der Waals surface area contributed by atoms with Crippen molar-refractivity contribution in [2.24, 2.45) is 10.9 Å². The highest BCUT2D eigenvalue weighted by Crippen LogP contribution is 2.17. The zero-order valence-corrected chi connectivity index (χ0v) is 16.5. The van der Waals surface area contributed by atoms with Gasteiger partial charge in [-0.05, 0) is 30.7 Å². The number of rotatable bonds is 6. The number of guanidine groups is 1. The van der Waals surface area contributed by atoms with E-state index < -0.39 is 0 Å². The predicted molar refractivity (Wildman–Crippen MR) is 108 cm³/mol. The van der Waals surface area contributed by atoms with E-state index in [1.807, 2.05) is 19.2 Å². The second kappa shape index (κ2) is 9.90. The fourth-order valence-corrected chi connectivity index (χ4v) is 3.79. The van der Waals surface area contributed by atoms with E-state index in [1.54, 1.807) is 0 Å². The Balaban J connectivity index is 1.36. The van der Waals surface area contributed by atoms with Crippen molar-refractivity contribution < 1.29 is 9.13 Å². The lowest BCUT2D eigenvalue weighted by atomic mass is 10.1. The Morgan fingerprint density at radius 2 is 2.00 bits per heavy atom. The van der Waals surface area contributed by atoms with E-state index in [1.165, 1.54) is 12.1 Å². The summed E-state index contributed by atoms with van der Waals surface area (Å²) in [6.07, 6.45) is 1.14. The van der Waals surface area contributed by atoms with Crippen LogP contribution in [0.4, 0.5) is 10.1 Å². The van der Waals surface area contributed by atoms with Crippen molar-refractivity contribution >= 4 is 11.6 Å². The molecule has 0 aromatic heterocycles. The van der Waals surface area contributed by atoms with Crippen LogP contribution in [-0.2, 0) is 4.74 Å². The first-order valence-corrected chi connectivity index (χ1v) is 9.88. The Labute approximate surface area is 162 Å². The third-order valence-corrected chi connectivity index (χ3v) is 5.40. The molecule has 6 nitrogen and oxygen atoms in total. The number of hydrogen-bond acceptors (Lipinski definition) is 4. The van der Waals surface area contributed by atoms with Gasteiger partial charge in [0.1, 0.15) is 5.82 Å². The minimum Gasteiger partial charge on any atom is -0.381 e. The molecule has 2 saturated heterocycles. The Morgan fingerprint density at radius 3 is 2.63 bits per heavy atom. The molecule has 0 saturated carbocycles. The van der Waals surface area contributed by atoms with Gasteiger partial charge in [0.05, 0.1) is 6.61 Å². The number of nitrogens with one attached hydrogen (secondary N) is 1. The van der Waals surface area contributed by atoms with Crippen LogP contribution in [0.3, 0.4) is 0 Å². The molecule has 7 heteroatoms. The van der Waals surface area contributed by atoms with Gasteiger partial charge in [0.15, 0.2) is 5.96 Å². The van der Waals surface area contributed by atoms with Crippen LogP contribution < -0.4 is 10.2 Å². The summed E-state index contributed by atoms with van der Waals surface area (Å²) in [5, 5.41) is 3.48. The molecule has 2 fully saturated rings. The highest BCUT2D eigenvalue weighted by atomic mass is 19.1. The summed E-state index contributed by atoms with van der Waals surface area (Å²) in [5.41, 5.74) is 1.10. The third kappa shape index (κ3) is 5.81. The molecular formula is C20H32FN5O. The van der Waals surface area contributed by atoms with Crippen LogP contribution in [0.1, 0.15) is 6.42 Å². The second-order valence-electron chi connectivity index (χ2n) is 7.39. The maximum atomic E-state index is 13.1. The summed E-state index contributed by atoms with van der Waals surface area (Å²) >= 11 is 0. The monoisotopic (exact) mass is 377 g/mol. The van der Waals surface area contributed by atoms with Gasteiger partial charge in [-0.3, -0.25) is 9.89 Å². The number of piperazine rings is 1. The number of anilines is 1. The van der Waals surface area contributed by atoms with E-state index in [-0.39, 0.29) is 5.82 Å². The number of ether oxygens (including phenoxy) is 1. The van der Waals surface area contributed by atoms with Crippen molar-refractivity contribution in [1.82, 2.24) is 15.1 Å². The van der Waals surface area contributed by atoms with Gasteiger partial charge >= 0.3 is 0 Å². The van der Waals surface area contributed by atoms with Crippen LogP contribution in [0.15, 0.2) is 29.3 Å². The highest BCUT2D eigenvalue weighted by molar-refractivity contribution is 5.79. The number of aliphatic imine (C=N–C) groups is 1. The molecule has 0 amide bonds. The molecule has 2 aliphatic heterocycles. The largest absolute Gasteiger partial charge is 0.381 e. The highest BCUT2D eigenvalue weighted by Gasteiger charge is 2.20. The van der Waals surface area contributed by atoms with Crippen molar-refractivity contribution in [2.75, 3.05) is 78.0 Å². The van der Waals surface area contributed by atoms with Crippen molar-refractivity contribution in [3.63, 3.8) is 0 Å². The molecule has 1 aromatic carbocycles. The minimum atomic E-state index is -0.178. The molecule has 1 N–H and O–H groups in total. The second-order valence-corrected chi connectivity index (χ2v) is 7.39. The van der Waals surface area contributed by atoms with Crippen LogP contribution in [0.5, 0.6) is 0 Å². The Morgan fingerprint density at radius 1 is 1.26 bits per heavy atom. The molecule has 0 aliphatic carbocycles. The maximum absolute atomic E-state index is 13.1. The summed E-state index contributed by atoms with van der Waals surface area (Å²) in [6, 6.07) is 6.79. The average molecular weight is 378 g/mol. The molecule has 1 aromatic rings. The van der Waals surface area contributed by atoms with Gasteiger partial charge < -0.3 is 19.9 Å². The average Bonchev–Trinajstić information content (AvgIpc) is 3.19. The molecule has 3 rings (SSSR count). The zero-order valence-electron chi connectivity index (χ0n) is 16.5. The molecule has 1 atom stereocenters. The molecule has 0 radical (unpaired) electrons. The lowest BCUT2D eigenvalue weighted by Gasteiger charge is -2.36. The summed E-state index contributed by atoms with van der Waals surface area (Å²) in [5.74, 6) is 1.38. The first kappa shape index (κ1) is 19.9. The summed E-state index contributed by atoms with van der Waals surface area (Å²) in [4.78, 5) is 11.4. The molecular weight excluding hydrogens is 345 g/mol. The maximum Gasteiger partial charge on any atom is 0.193 e. The number of benzene rings is 1. The standard InChI is InChI=1S/C20H32FN5O/c1-22-20(24(2)15-17-7-14-27-16-17)23-8-9-25-10-12-26(13-11-25)19-5-3-18(21)4-6-19/h3-6,17H,7-16H2,1-2H3,(H,22,23). The van der Waals surface area contributed by atoms with E-state index in [4.69, 9.17) is 4.74 Å². The quantitative estimate of drug-likeness (QED) is 0.601. The van der Waals surface area contributed by atoms with Gasteiger partial charge in [0.2, 0.25) is 0 Å². The topological polar surface area (TPSA) is 43.3 Å². The van der Waals surface area contributed by atoms with Crippen LogP contribution >= 0.6 is 0 Å². The van der Waals surface area contributed by atoms with E-state index >= 15 is 0 Å². The fraction of sp³-hybridized carbons (Fsp3) is 0.650. The van der Waals surface area contributed by atoms with E-state index in [2.05, 4.69) is 32.1 Å². The fourth-order valence-electron chi connectivity index (χ4n) is 3.79. The number of hydrogen-bond donors (Lipinski definition) is 1. The molecule has 2 aliphatic rings. The van der Waals surface area contributed by atoms with Gasteiger partial charge in [-0.1, -0.05) is 0 Å². The molecule has 0 bridgehead atoms. The van der Waals surface area contributed by atoms with Crippen molar-refractivity contribution in [1.29, 1.82) is 0 Å². The lowest BCUT2D eigenvalue weighted by Crippen LogP contribution is -2.49. The van der Waals surface area contributed by atoms with Gasteiger partial charge in [0.25, 0.3) is 0 Å². The molecule has 1 unspecified atom stereocenters. The van der Waals surface area contributed by atoms with Crippen molar-refractivity contribution in [3.05, 3.63) is 30.1 Å². The van der Waals surface area contributed by atoms with E-state index in [9.17, 15) is 4.39 Å². The normalized spacial score (nSPS) is 21.5. The Kier molecular flexibility index (Phi) is 7.29. The smallest absolute Gasteiger partial charge is 0.193 e. The van der Waals surface area contributed by atoms with Gasteiger partial charge in [0, 0.05) is 78.1 Å². The summed E-state index contributed by atoms with van der Waals surface area (Å²) in [7, 11) is 3.93. The Bertz CT molecular complexity index is 595. The van der Waals surface area contributed by atoms with Gasteiger partial charge in [-0.25, -0.2) is 4.39 Å². The SMILES string of the molecule is CN=C(NCCN1CCN(c2ccc(F)cc2)CC1)N(C)CC1CCOC1. The molecule has 27 heavy (non-hydrogen) atoms. The number of nitrogens with zero attached hydrogens (tertiary/aromatic N) is 4. The van der Waals surface area contributed by atoms with Crippen molar-refractivity contribution in [2.45, 2.75) is 6.42 Å². The van der Waals surface area contributed by atoms with E-state index in [0.29, 0.717) is 5.92 Å². The third-order valence-electron chi connectivity index (χ3n) is 5.40. The van der Waals surface area contributed by atoms with Crippen LogP contribution in [0.25, 0.3) is 0 Å². The summed E-state index contributed by atoms with van der Waals surface area (Å²) < 4.78 is 18.5. The van der Waals surface area contributed by atoms with Crippen molar-refractivity contribution in [3.8, 4) is 0 Å².